The minimum absolute atomic E-state index is 0.409. The second-order valence-electron chi connectivity index (χ2n) is 4.03. The fraction of sp³-hybridized carbons (Fsp3) is 0.417. The van der Waals surface area contributed by atoms with Gasteiger partial charge in [0, 0.05) is 17.6 Å². The Morgan fingerprint density at radius 2 is 2.20 bits per heavy atom. The summed E-state index contributed by atoms with van der Waals surface area (Å²) in [6.45, 7) is 3.12. The number of tetrazole rings is 1. The molecule has 108 valence electrons. The summed E-state index contributed by atoms with van der Waals surface area (Å²) >= 11 is 6.24. The Kier molecular flexibility index (Phi) is 5.00. The van der Waals surface area contributed by atoms with Crippen molar-refractivity contribution >= 4 is 17.5 Å². The number of methoxy groups -OCH3 is 1. The first kappa shape index (κ1) is 14.4. The number of ether oxygens (including phenoxy) is 2. The summed E-state index contributed by atoms with van der Waals surface area (Å²) in [5.41, 5.74) is 0.858. The van der Waals surface area contributed by atoms with Crippen molar-refractivity contribution in [2.75, 3.05) is 19.0 Å². The molecule has 1 aromatic heterocycles. The number of anilines is 1. The maximum Gasteiger partial charge on any atom is 0.263 e. The van der Waals surface area contributed by atoms with Crippen molar-refractivity contribution in [2.45, 2.75) is 19.9 Å². The molecule has 0 saturated heterocycles. The van der Waals surface area contributed by atoms with E-state index < -0.39 is 0 Å². The van der Waals surface area contributed by atoms with Crippen LogP contribution in [0.5, 0.6) is 11.5 Å². The van der Waals surface area contributed by atoms with Gasteiger partial charge in [-0.1, -0.05) is 23.6 Å². The molecule has 8 heteroatoms. The first-order valence-electron chi connectivity index (χ1n) is 6.21. The summed E-state index contributed by atoms with van der Waals surface area (Å²) in [4.78, 5) is 0. The second-order valence-corrected chi connectivity index (χ2v) is 4.44. The Balaban J connectivity index is 2.12. The molecule has 0 spiro atoms. The predicted octanol–water partition coefficient (Wildman–Crippen LogP) is 2.26. The Hall–Kier alpha value is -2.02. The van der Waals surface area contributed by atoms with Gasteiger partial charge in [-0.15, -0.1) is 5.10 Å². The zero-order valence-electron chi connectivity index (χ0n) is 11.3. The number of aromatic nitrogens is 4. The van der Waals surface area contributed by atoms with Crippen LogP contribution in [-0.4, -0.2) is 34.3 Å². The van der Waals surface area contributed by atoms with E-state index in [0.717, 1.165) is 12.0 Å². The molecule has 0 bridgehead atoms. The van der Waals surface area contributed by atoms with Crippen LogP contribution < -0.4 is 14.8 Å². The van der Waals surface area contributed by atoms with Gasteiger partial charge in [0.25, 0.3) is 5.95 Å². The van der Waals surface area contributed by atoms with Gasteiger partial charge in [0.15, 0.2) is 11.5 Å². The van der Waals surface area contributed by atoms with Gasteiger partial charge in [0.1, 0.15) is 0 Å². The zero-order valence-corrected chi connectivity index (χ0v) is 12.1. The van der Waals surface area contributed by atoms with Gasteiger partial charge in [-0.3, -0.25) is 0 Å². The maximum absolute atomic E-state index is 6.24. The Morgan fingerprint density at radius 3 is 2.85 bits per heavy atom. The molecule has 0 unspecified atom stereocenters. The third-order valence-electron chi connectivity index (χ3n) is 2.58. The van der Waals surface area contributed by atoms with Crippen LogP contribution in [-0.2, 0) is 6.54 Å². The fourth-order valence-corrected chi connectivity index (χ4v) is 1.83. The van der Waals surface area contributed by atoms with Crippen LogP contribution in [0.25, 0.3) is 0 Å². The topological polar surface area (TPSA) is 85.0 Å². The third-order valence-corrected chi connectivity index (χ3v) is 2.93. The summed E-state index contributed by atoms with van der Waals surface area (Å²) in [5.74, 6) is 1.70. The molecular weight excluding hydrogens is 282 g/mol. The highest BCUT2D eigenvalue weighted by molar-refractivity contribution is 6.31. The van der Waals surface area contributed by atoms with Gasteiger partial charge in [-0.2, -0.15) is 5.21 Å². The van der Waals surface area contributed by atoms with E-state index >= 15 is 0 Å². The normalized spacial score (nSPS) is 10.3. The number of benzene rings is 1. The maximum atomic E-state index is 6.24. The van der Waals surface area contributed by atoms with Crippen molar-refractivity contribution in [3.05, 3.63) is 22.7 Å². The largest absolute Gasteiger partial charge is 0.493 e. The number of hydrogen-bond acceptors (Lipinski definition) is 6. The van der Waals surface area contributed by atoms with Crippen LogP contribution in [0.3, 0.4) is 0 Å². The molecule has 0 fully saturated rings. The van der Waals surface area contributed by atoms with Crippen molar-refractivity contribution in [1.82, 2.24) is 20.6 Å². The highest BCUT2D eigenvalue weighted by Crippen LogP contribution is 2.33. The Labute approximate surface area is 121 Å². The average Bonchev–Trinajstić information content (AvgIpc) is 2.97. The minimum atomic E-state index is 0.409. The van der Waals surface area contributed by atoms with E-state index in [1.54, 1.807) is 13.2 Å². The number of halogens is 1. The molecule has 20 heavy (non-hydrogen) atoms. The number of nitrogens with one attached hydrogen (secondary N) is 2. The fourth-order valence-electron chi connectivity index (χ4n) is 1.61. The second kappa shape index (κ2) is 6.95. The molecule has 0 radical (unpaired) electrons. The van der Waals surface area contributed by atoms with E-state index in [4.69, 9.17) is 21.1 Å². The lowest BCUT2D eigenvalue weighted by molar-refractivity contribution is 0.294. The molecule has 0 aliphatic rings. The molecule has 2 aromatic rings. The molecule has 1 aromatic carbocycles. The van der Waals surface area contributed by atoms with E-state index in [0.29, 0.717) is 35.6 Å². The van der Waals surface area contributed by atoms with E-state index in [9.17, 15) is 0 Å². The molecule has 0 atom stereocenters. The quantitative estimate of drug-likeness (QED) is 0.815. The van der Waals surface area contributed by atoms with Crippen LogP contribution in [0.15, 0.2) is 12.1 Å². The first-order valence-corrected chi connectivity index (χ1v) is 6.59. The molecule has 7 nitrogen and oxygen atoms in total. The summed E-state index contributed by atoms with van der Waals surface area (Å²) in [6.07, 6.45) is 0.919. The van der Waals surface area contributed by atoms with E-state index in [1.165, 1.54) is 0 Å². The summed E-state index contributed by atoms with van der Waals surface area (Å²) in [6, 6.07) is 3.59. The number of hydrogen-bond donors (Lipinski definition) is 2. The number of rotatable bonds is 7. The SMILES string of the molecule is CCCOc1cc(Cl)c(CNc2nn[nH]n2)cc1OC. The highest BCUT2D eigenvalue weighted by atomic mass is 35.5. The third kappa shape index (κ3) is 3.51. The summed E-state index contributed by atoms with van der Waals surface area (Å²) < 4.78 is 10.9. The van der Waals surface area contributed by atoms with Gasteiger partial charge in [-0.25, -0.2) is 0 Å². The van der Waals surface area contributed by atoms with E-state index in [1.807, 2.05) is 13.0 Å². The summed E-state index contributed by atoms with van der Waals surface area (Å²) in [5, 5.41) is 17.0. The molecule has 2 N–H and O–H groups in total. The van der Waals surface area contributed by atoms with Crippen molar-refractivity contribution in [3.63, 3.8) is 0 Å². The average molecular weight is 298 g/mol. The van der Waals surface area contributed by atoms with Gasteiger partial charge in [0.05, 0.1) is 13.7 Å². The predicted molar refractivity (Wildman–Crippen MR) is 75.3 cm³/mol. The highest BCUT2D eigenvalue weighted by Gasteiger charge is 2.11. The summed E-state index contributed by atoms with van der Waals surface area (Å²) in [7, 11) is 1.60. The van der Waals surface area contributed by atoms with Crippen LogP contribution in [0.1, 0.15) is 18.9 Å². The van der Waals surface area contributed by atoms with Crippen molar-refractivity contribution < 1.29 is 9.47 Å². The molecular formula is C12H16ClN5O2. The number of nitrogens with zero attached hydrogens (tertiary/aromatic N) is 3. The Bertz CT molecular complexity index is 547. The van der Waals surface area contributed by atoms with Crippen LogP contribution in [0, 0.1) is 0 Å². The smallest absolute Gasteiger partial charge is 0.263 e. The monoisotopic (exact) mass is 297 g/mol. The number of aromatic amines is 1. The molecule has 1 heterocycles. The van der Waals surface area contributed by atoms with Crippen LogP contribution in [0.2, 0.25) is 5.02 Å². The lowest BCUT2D eigenvalue weighted by Gasteiger charge is -2.13. The Morgan fingerprint density at radius 1 is 1.35 bits per heavy atom. The van der Waals surface area contributed by atoms with Gasteiger partial charge < -0.3 is 14.8 Å². The minimum Gasteiger partial charge on any atom is -0.493 e. The molecule has 2 rings (SSSR count). The van der Waals surface area contributed by atoms with Crippen molar-refractivity contribution in [1.29, 1.82) is 0 Å². The van der Waals surface area contributed by atoms with Crippen LogP contribution in [0.4, 0.5) is 5.95 Å². The lowest BCUT2D eigenvalue weighted by atomic mass is 10.2. The molecule has 0 amide bonds. The van der Waals surface area contributed by atoms with Gasteiger partial charge in [0.2, 0.25) is 0 Å². The van der Waals surface area contributed by atoms with Crippen molar-refractivity contribution in [3.8, 4) is 11.5 Å². The molecule has 0 saturated carbocycles. The first-order chi connectivity index (χ1) is 9.74. The zero-order chi connectivity index (χ0) is 14.4. The van der Waals surface area contributed by atoms with Gasteiger partial charge in [-0.05, 0) is 23.3 Å². The van der Waals surface area contributed by atoms with Crippen molar-refractivity contribution in [2.24, 2.45) is 0 Å². The van der Waals surface area contributed by atoms with E-state index in [-0.39, 0.29) is 0 Å². The van der Waals surface area contributed by atoms with Crippen LogP contribution >= 0.6 is 11.6 Å². The molecule has 0 aliphatic carbocycles. The standard InChI is InChI=1S/C12H16ClN5O2/c1-3-4-20-11-6-9(13)8(5-10(11)19-2)7-14-12-15-17-18-16-12/h5-6H,3-4,7H2,1-2H3,(H2,14,15,16,17,18). The van der Waals surface area contributed by atoms with Gasteiger partial charge >= 0.3 is 0 Å². The van der Waals surface area contributed by atoms with E-state index in [2.05, 4.69) is 25.9 Å². The lowest BCUT2D eigenvalue weighted by Crippen LogP contribution is -2.04. The molecule has 0 aliphatic heterocycles. The number of H-pyrrole nitrogens is 1.